The van der Waals surface area contributed by atoms with Crippen molar-refractivity contribution in [2.45, 2.75) is 0 Å². The lowest BCUT2D eigenvalue weighted by atomic mass is 10.1. The first-order valence-electron chi connectivity index (χ1n) is 5.06. The lowest BCUT2D eigenvalue weighted by Crippen LogP contribution is -2.16. The first-order chi connectivity index (χ1) is 8.25. The van der Waals surface area contributed by atoms with Crippen molar-refractivity contribution in [3.63, 3.8) is 0 Å². The van der Waals surface area contributed by atoms with Crippen molar-refractivity contribution in [2.75, 3.05) is 18.9 Å². The summed E-state index contributed by atoms with van der Waals surface area (Å²) in [6.07, 6.45) is 0. The number of nitrogens with two attached hydrogens (primary N) is 1. The monoisotopic (exact) mass is 252 g/mol. The minimum Gasteiger partial charge on any atom is -0.486 e. The van der Waals surface area contributed by atoms with Gasteiger partial charge in [0, 0.05) is 6.07 Å². The Kier molecular flexibility index (Phi) is 2.33. The van der Waals surface area contributed by atoms with Crippen LogP contribution in [-0.4, -0.2) is 18.4 Å². The number of rotatable bonds is 1. The SMILES string of the molecule is Nc1cc(-c2c(Cl)ccc3c2OCCO3)no1. The molecular weight excluding hydrogens is 244 g/mol. The van der Waals surface area contributed by atoms with Crippen LogP contribution in [-0.2, 0) is 0 Å². The average molecular weight is 253 g/mol. The number of hydrogen-bond acceptors (Lipinski definition) is 5. The lowest BCUT2D eigenvalue weighted by molar-refractivity contribution is 0.172. The maximum Gasteiger partial charge on any atom is 0.222 e. The predicted molar refractivity (Wildman–Crippen MR) is 62.4 cm³/mol. The Morgan fingerprint density at radius 3 is 2.82 bits per heavy atom. The number of ether oxygens (including phenoxy) is 2. The van der Waals surface area contributed by atoms with E-state index in [-0.39, 0.29) is 5.88 Å². The number of nitrogen functional groups attached to an aromatic ring is 1. The van der Waals surface area contributed by atoms with Gasteiger partial charge in [-0.1, -0.05) is 16.8 Å². The fourth-order valence-electron chi connectivity index (χ4n) is 1.74. The third-order valence-corrected chi connectivity index (χ3v) is 2.76. The number of nitrogens with zero attached hydrogens (tertiary/aromatic N) is 1. The molecule has 1 aliphatic heterocycles. The second-order valence-corrected chi connectivity index (χ2v) is 3.97. The zero-order valence-corrected chi connectivity index (χ0v) is 9.53. The van der Waals surface area contributed by atoms with E-state index < -0.39 is 0 Å². The molecule has 1 aromatic carbocycles. The van der Waals surface area contributed by atoms with Crippen LogP contribution in [0.5, 0.6) is 11.5 Å². The number of halogens is 1. The Morgan fingerprint density at radius 1 is 1.24 bits per heavy atom. The van der Waals surface area contributed by atoms with Crippen LogP contribution < -0.4 is 15.2 Å². The molecule has 1 aliphatic rings. The van der Waals surface area contributed by atoms with Gasteiger partial charge in [0.1, 0.15) is 18.9 Å². The van der Waals surface area contributed by atoms with E-state index in [9.17, 15) is 0 Å². The number of anilines is 1. The first kappa shape index (κ1) is 10.3. The second-order valence-electron chi connectivity index (χ2n) is 3.56. The molecule has 0 aliphatic carbocycles. The minimum atomic E-state index is 0.227. The third-order valence-electron chi connectivity index (χ3n) is 2.44. The van der Waals surface area contributed by atoms with E-state index in [0.717, 1.165) is 0 Å². The van der Waals surface area contributed by atoms with E-state index in [1.807, 2.05) is 0 Å². The summed E-state index contributed by atoms with van der Waals surface area (Å²) in [5.74, 6) is 1.46. The predicted octanol–water partition coefficient (Wildman–Crippen LogP) is 2.35. The van der Waals surface area contributed by atoms with Gasteiger partial charge in [0.05, 0.1) is 10.6 Å². The summed E-state index contributed by atoms with van der Waals surface area (Å²) < 4.78 is 15.9. The molecule has 5 nitrogen and oxygen atoms in total. The van der Waals surface area contributed by atoms with Crippen LogP contribution >= 0.6 is 11.6 Å². The van der Waals surface area contributed by atoms with Crippen LogP contribution in [0.2, 0.25) is 5.02 Å². The van der Waals surface area contributed by atoms with E-state index in [2.05, 4.69) is 5.16 Å². The molecule has 6 heteroatoms. The highest BCUT2D eigenvalue weighted by atomic mass is 35.5. The highest BCUT2D eigenvalue weighted by Crippen LogP contribution is 2.44. The molecule has 0 saturated carbocycles. The average Bonchev–Trinajstić information content (AvgIpc) is 2.75. The van der Waals surface area contributed by atoms with Gasteiger partial charge in [0.2, 0.25) is 5.88 Å². The quantitative estimate of drug-likeness (QED) is 0.844. The van der Waals surface area contributed by atoms with Gasteiger partial charge in [0.25, 0.3) is 0 Å². The molecule has 0 saturated heterocycles. The molecule has 0 bridgehead atoms. The van der Waals surface area contributed by atoms with Gasteiger partial charge in [-0.05, 0) is 12.1 Å². The summed E-state index contributed by atoms with van der Waals surface area (Å²) in [6, 6.07) is 5.10. The van der Waals surface area contributed by atoms with E-state index in [1.54, 1.807) is 18.2 Å². The van der Waals surface area contributed by atoms with Gasteiger partial charge in [0.15, 0.2) is 11.5 Å². The minimum absolute atomic E-state index is 0.227. The largest absolute Gasteiger partial charge is 0.486 e. The lowest BCUT2D eigenvalue weighted by Gasteiger charge is -2.20. The van der Waals surface area contributed by atoms with Crippen molar-refractivity contribution >= 4 is 17.5 Å². The Bertz CT molecular complexity index is 568. The van der Waals surface area contributed by atoms with Crippen LogP contribution in [0, 0.1) is 0 Å². The number of hydrogen-bond donors (Lipinski definition) is 1. The van der Waals surface area contributed by atoms with Crippen molar-refractivity contribution in [2.24, 2.45) is 0 Å². The number of aromatic nitrogens is 1. The normalized spacial score (nSPS) is 13.7. The van der Waals surface area contributed by atoms with Crippen LogP contribution in [0.1, 0.15) is 0 Å². The van der Waals surface area contributed by atoms with E-state index in [0.29, 0.717) is 41.0 Å². The molecule has 0 atom stereocenters. The standard InChI is InChI=1S/C11H9ClN2O3/c12-6-1-2-8-11(16-4-3-15-8)10(6)7-5-9(13)17-14-7/h1-2,5H,3-4,13H2. The van der Waals surface area contributed by atoms with Crippen LogP contribution in [0.15, 0.2) is 22.7 Å². The molecular formula is C11H9ClN2O3. The molecule has 88 valence electrons. The Hall–Kier alpha value is -1.88. The van der Waals surface area contributed by atoms with Crippen molar-refractivity contribution in [1.82, 2.24) is 5.16 Å². The van der Waals surface area contributed by atoms with Gasteiger partial charge in [-0.25, -0.2) is 0 Å². The molecule has 2 heterocycles. The highest BCUT2D eigenvalue weighted by Gasteiger charge is 2.22. The summed E-state index contributed by atoms with van der Waals surface area (Å²) in [6.45, 7) is 1.00. The number of fused-ring (bicyclic) bond motifs is 1. The van der Waals surface area contributed by atoms with Crippen molar-refractivity contribution in [1.29, 1.82) is 0 Å². The van der Waals surface area contributed by atoms with E-state index in [1.165, 1.54) is 0 Å². The molecule has 2 N–H and O–H groups in total. The molecule has 0 unspecified atom stereocenters. The summed E-state index contributed by atoms with van der Waals surface area (Å²) in [5, 5.41) is 4.35. The van der Waals surface area contributed by atoms with E-state index in [4.69, 9.17) is 31.3 Å². The van der Waals surface area contributed by atoms with Crippen molar-refractivity contribution < 1.29 is 14.0 Å². The molecule has 1 aromatic heterocycles. The van der Waals surface area contributed by atoms with Crippen LogP contribution in [0.3, 0.4) is 0 Å². The molecule has 17 heavy (non-hydrogen) atoms. The van der Waals surface area contributed by atoms with Gasteiger partial charge in [-0.15, -0.1) is 0 Å². The molecule has 0 spiro atoms. The number of benzene rings is 1. The Balaban J connectivity index is 2.20. The zero-order valence-electron chi connectivity index (χ0n) is 8.77. The smallest absolute Gasteiger partial charge is 0.222 e. The fraction of sp³-hybridized carbons (Fsp3) is 0.182. The summed E-state index contributed by atoms with van der Waals surface area (Å²) in [5.41, 5.74) is 6.68. The van der Waals surface area contributed by atoms with Gasteiger partial charge in [-0.2, -0.15) is 0 Å². The van der Waals surface area contributed by atoms with Gasteiger partial charge >= 0.3 is 0 Å². The topological polar surface area (TPSA) is 70.5 Å². The van der Waals surface area contributed by atoms with E-state index >= 15 is 0 Å². The maximum absolute atomic E-state index is 6.15. The maximum atomic E-state index is 6.15. The Morgan fingerprint density at radius 2 is 2.06 bits per heavy atom. The molecule has 0 radical (unpaired) electrons. The summed E-state index contributed by atoms with van der Waals surface area (Å²) in [4.78, 5) is 0. The van der Waals surface area contributed by atoms with Crippen LogP contribution in [0.25, 0.3) is 11.3 Å². The zero-order chi connectivity index (χ0) is 11.8. The van der Waals surface area contributed by atoms with Gasteiger partial charge < -0.3 is 19.7 Å². The third kappa shape index (κ3) is 1.68. The van der Waals surface area contributed by atoms with Crippen molar-refractivity contribution in [3.8, 4) is 22.8 Å². The fourth-order valence-corrected chi connectivity index (χ4v) is 1.98. The van der Waals surface area contributed by atoms with Crippen LogP contribution in [0.4, 0.5) is 5.88 Å². The highest BCUT2D eigenvalue weighted by molar-refractivity contribution is 6.33. The summed E-state index contributed by atoms with van der Waals surface area (Å²) >= 11 is 6.15. The van der Waals surface area contributed by atoms with Gasteiger partial charge in [-0.3, -0.25) is 0 Å². The molecule has 0 amide bonds. The molecule has 2 aromatic rings. The summed E-state index contributed by atoms with van der Waals surface area (Å²) in [7, 11) is 0. The first-order valence-corrected chi connectivity index (χ1v) is 5.44. The second kappa shape index (κ2) is 3.85. The van der Waals surface area contributed by atoms with Crippen molar-refractivity contribution in [3.05, 3.63) is 23.2 Å². The molecule has 3 rings (SSSR count). The molecule has 0 fully saturated rings. The Labute approximate surface area is 102 Å².